The summed E-state index contributed by atoms with van der Waals surface area (Å²) in [5.41, 5.74) is 0. The molecule has 0 aromatic carbocycles. The quantitative estimate of drug-likeness (QED) is 0.0420. The molecule has 0 aromatic rings. The summed E-state index contributed by atoms with van der Waals surface area (Å²) in [4.78, 5) is 12.5. The molecule has 0 bridgehead atoms. The van der Waals surface area contributed by atoms with Crippen molar-refractivity contribution in [2.45, 2.75) is 296 Å². The Labute approximate surface area is 436 Å². The predicted octanol–water partition coefficient (Wildman–Crippen LogP) is 20.3. The SMILES string of the molecule is CC/C=C\C/C=C\C/C=C\C/C=C\C/C=C\C/C=C\C/C=C\CCCCCCCCCCCCCC(=O)NC(CO)C(O)/C=C/CC/C=C/CCCCCCCCCCCCCCCCCCCCC. The molecule has 0 rings (SSSR count). The zero-order chi connectivity index (χ0) is 50.6. The molecule has 0 aromatic heterocycles. The number of amides is 1. The minimum atomic E-state index is -0.871. The molecule has 0 spiro atoms. The van der Waals surface area contributed by atoms with Crippen molar-refractivity contribution in [1.29, 1.82) is 0 Å². The highest BCUT2D eigenvalue weighted by Gasteiger charge is 2.18. The van der Waals surface area contributed by atoms with E-state index in [0.717, 1.165) is 77.0 Å². The van der Waals surface area contributed by atoms with Crippen LogP contribution in [0.2, 0.25) is 0 Å². The van der Waals surface area contributed by atoms with E-state index < -0.39 is 12.1 Å². The lowest BCUT2D eigenvalue weighted by molar-refractivity contribution is -0.123. The molecule has 0 aliphatic rings. The number of allylic oxidation sites excluding steroid dienone is 17. The fraction of sp³-hybridized carbons (Fsp3) is 0.712. The summed E-state index contributed by atoms with van der Waals surface area (Å²) in [6.45, 7) is 4.20. The highest BCUT2D eigenvalue weighted by molar-refractivity contribution is 5.76. The highest BCUT2D eigenvalue weighted by Crippen LogP contribution is 2.16. The van der Waals surface area contributed by atoms with E-state index in [2.05, 4.69) is 116 Å². The van der Waals surface area contributed by atoms with Crippen LogP contribution in [-0.4, -0.2) is 34.9 Å². The molecule has 2 atom stereocenters. The van der Waals surface area contributed by atoms with Gasteiger partial charge in [-0.25, -0.2) is 0 Å². The monoisotopic (exact) mass is 970 g/mol. The standard InChI is InChI=1S/C66H115NO3/c1-3-5-7-9-11-13-15-17-19-21-23-25-27-29-30-31-32-33-34-35-36-38-40-42-44-46-48-50-52-54-56-58-60-62-66(70)67-64(63-68)65(69)61-59-57-55-53-51-49-47-45-43-41-39-37-28-26-24-22-20-18-16-14-12-10-8-6-4-2/h5,7,11,13,17,19,23,25,29-30,32-33,35-36,51,53,59,61,64-65,68-69H,3-4,6,8-10,12,14-16,18,20-22,24,26-28,31,34,37-50,52,54-58,60,62-63H2,1-2H3,(H,67,70)/b7-5-,13-11-,19-17-,25-23-,30-29-,33-32-,36-35-,53-51+,61-59+. The molecular formula is C66H115NO3. The average Bonchev–Trinajstić information content (AvgIpc) is 3.36. The van der Waals surface area contributed by atoms with Gasteiger partial charge in [0.1, 0.15) is 0 Å². The van der Waals surface area contributed by atoms with Crippen molar-refractivity contribution in [1.82, 2.24) is 5.32 Å². The maximum Gasteiger partial charge on any atom is 0.220 e. The van der Waals surface area contributed by atoms with E-state index in [-0.39, 0.29) is 12.5 Å². The number of carbonyl (C=O) groups is 1. The number of aliphatic hydroxyl groups excluding tert-OH is 2. The molecule has 4 heteroatoms. The van der Waals surface area contributed by atoms with Crippen molar-refractivity contribution in [2.24, 2.45) is 0 Å². The third-order valence-corrected chi connectivity index (χ3v) is 13.2. The van der Waals surface area contributed by atoms with E-state index in [0.29, 0.717) is 6.42 Å². The zero-order valence-electron chi connectivity index (χ0n) is 46.3. The van der Waals surface area contributed by atoms with Crippen LogP contribution in [0.4, 0.5) is 0 Å². The van der Waals surface area contributed by atoms with Gasteiger partial charge in [-0.15, -0.1) is 0 Å². The Morgan fingerprint density at radius 3 is 1.00 bits per heavy atom. The Morgan fingerprint density at radius 2 is 0.643 bits per heavy atom. The molecule has 0 heterocycles. The number of aliphatic hydroxyl groups is 2. The van der Waals surface area contributed by atoms with Crippen molar-refractivity contribution in [3.05, 3.63) is 109 Å². The van der Waals surface area contributed by atoms with Gasteiger partial charge in [0.05, 0.1) is 18.8 Å². The van der Waals surface area contributed by atoms with Crippen molar-refractivity contribution in [2.75, 3.05) is 6.61 Å². The highest BCUT2D eigenvalue weighted by atomic mass is 16.3. The van der Waals surface area contributed by atoms with E-state index in [4.69, 9.17) is 0 Å². The first-order valence-electron chi connectivity index (χ1n) is 30.1. The Balaban J connectivity index is 3.58. The fourth-order valence-corrected chi connectivity index (χ4v) is 8.71. The zero-order valence-corrected chi connectivity index (χ0v) is 46.3. The molecule has 0 saturated heterocycles. The van der Waals surface area contributed by atoms with Gasteiger partial charge in [0.25, 0.3) is 0 Å². The maximum atomic E-state index is 12.5. The summed E-state index contributed by atoms with van der Waals surface area (Å²) in [6, 6.07) is -0.649. The normalized spacial score (nSPS) is 13.6. The van der Waals surface area contributed by atoms with Gasteiger partial charge in [-0.1, -0.05) is 297 Å². The van der Waals surface area contributed by atoms with Gasteiger partial charge in [-0.3, -0.25) is 4.79 Å². The summed E-state index contributed by atoms with van der Waals surface area (Å²) in [6.07, 6.45) is 91.2. The Bertz CT molecular complexity index is 1330. The number of hydrogen-bond acceptors (Lipinski definition) is 3. The number of unbranched alkanes of at least 4 members (excludes halogenated alkanes) is 31. The summed E-state index contributed by atoms with van der Waals surface area (Å²) in [7, 11) is 0. The third kappa shape index (κ3) is 56.0. The molecule has 70 heavy (non-hydrogen) atoms. The first-order valence-corrected chi connectivity index (χ1v) is 30.1. The van der Waals surface area contributed by atoms with Crippen molar-refractivity contribution in [3.63, 3.8) is 0 Å². The number of nitrogens with one attached hydrogen (secondary N) is 1. The van der Waals surface area contributed by atoms with Crippen molar-refractivity contribution >= 4 is 5.91 Å². The van der Waals surface area contributed by atoms with E-state index in [1.165, 1.54) is 186 Å². The minimum Gasteiger partial charge on any atom is -0.394 e. The van der Waals surface area contributed by atoms with Gasteiger partial charge in [-0.2, -0.15) is 0 Å². The lowest BCUT2D eigenvalue weighted by Gasteiger charge is -2.19. The van der Waals surface area contributed by atoms with Gasteiger partial charge in [0.15, 0.2) is 0 Å². The smallest absolute Gasteiger partial charge is 0.220 e. The Kier molecular flexibility index (Phi) is 57.8. The Morgan fingerprint density at radius 1 is 0.357 bits per heavy atom. The van der Waals surface area contributed by atoms with Crippen LogP contribution in [0, 0.1) is 0 Å². The molecule has 0 fully saturated rings. The molecule has 0 aliphatic heterocycles. The van der Waals surface area contributed by atoms with E-state index in [1.807, 2.05) is 6.08 Å². The van der Waals surface area contributed by atoms with Gasteiger partial charge in [0, 0.05) is 6.42 Å². The molecule has 2 unspecified atom stereocenters. The molecule has 0 radical (unpaired) electrons. The van der Waals surface area contributed by atoms with Crippen molar-refractivity contribution in [3.8, 4) is 0 Å². The minimum absolute atomic E-state index is 0.0791. The van der Waals surface area contributed by atoms with Crippen LogP contribution in [0.5, 0.6) is 0 Å². The summed E-state index contributed by atoms with van der Waals surface area (Å²) < 4.78 is 0. The molecule has 4 nitrogen and oxygen atoms in total. The molecule has 402 valence electrons. The Hall–Kier alpha value is -2.95. The average molecular weight is 971 g/mol. The summed E-state index contributed by atoms with van der Waals surface area (Å²) in [5.74, 6) is -0.0791. The summed E-state index contributed by atoms with van der Waals surface area (Å²) in [5, 5.41) is 23.2. The van der Waals surface area contributed by atoms with Crippen LogP contribution in [0.1, 0.15) is 284 Å². The van der Waals surface area contributed by atoms with Crippen LogP contribution >= 0.6 is 0 Å². The second kappa shape index (κ2) is 60.4. The number of hydrogen-bond donors (Lipinski definition) is 3. The van der Waals surface area contributed by atoms with Crippen LogP contribution in [-0.2, 0) is 4.79 Å². The second-order valence-corrected chi connectivity index (χ2v) is 20.0. The second-order valence-electron chi connectivity index (χ2n) is 20.0. The predicted molar refractivity (Wildman–Crippen MR) is 313 cm³/mol. The van der Waals surface area contributed by atoms with Crippen LogP contribution in [0.3, 0.4) is 0 Å². The maximum absolute atomic E-state index is 12.5. The molecule has 0 saturated carbocycles. The van der Waals surface area contributed by atoms with Gasteiger partial charge in [0.2, 0.25) is 5.91 Å². The van der Waals surface area contributed by atoms with Gasteiger partial charge < -0.3 is 15.5 Å². The van der Waals surface area contributed by atoms with E-state index >= 15 is 0 Å². The van der Waals surface area contributed by atoms with Crippen molar-refractivity contribution < 1.29 is 15.0 Å². The van der Waals surface area contributed by atoms with E-state index in [1.54, 1.807) is 6.08 Å². The molecule has 3 N–H and O–H groups in total. The lowest BCUT2D eigenvalue weighted by Crippen LogP contribution is -2.45. The van der Waals surface area contributed by atoms with Gasteiger partial charge >= 0.3 is 0 Å². The van der Waals surface area contributed by atoms with Crippen LogP contribution in [0.25, 0.3) is 0 Å². The molecule has 1 amide bonds. The summed E-state index contributed by atoms with van der Waals surface area (Å²) >= 11 is 0. The first kappa shape index (κ1) is 67.0. The first-order chi connectivity index (χ1) is 34.7. The topological polar surface area (TPSA) is 69.6 Å². The van der Waals surface area contributed by atoms with Crippen LogP contribution < -0.4 is 5.32 Å². The van der Waals surface area contributed by atoms with E-state index in [9.17, 15) is 15.0 Å². The van der Waals surface area contributed by atoms with Crippen LogP contribution in [0.15, 0.2) is 109 Å². The third-order valence-electron chi connectivity index (χ3n) is 13.2. The largest absolute Gasteiger partial charge is 0.394 e. The molecule has 0 aliphatic carbocycles. The number of carbonyl (C=O) groups excluding carboxylic acids is 1. The molecular weight excluding hydrogens is 855 g/mol. The fourth-order valence-electron chi connectivity index (χ4n) is 8.71. The van der Waals surface area contributed by atoms with Gasteiger partial charge in [-0.05, 0) is 89.9 Å². The number of rotatable bonds is 54. The lowest BCUT2D eigenvalue weighted by atomic mass is 10.0.